The van der Waals surface area contributed by atoms with Crippen LogP contribution < -0.4 is 5.73 Å². The van der Waals surface area contributed by atoms with Gasteiger partial charge in [-0.1, -0.05) is 25.1 Å². The van der Waals surface area contributed by atoms with E-state index in [0.29, 0.717) is 5.56 Å². The maximum atomic E-state index is 13.3. The first-order valence-electron chi connectivity index (χ1n) is 4.20. The van der Waals surface area contributed by atoms with Crippen molar-refractivity contribution in [2.24, 2.45) is 5.73 Å². The second kappa shape index (κ2) is 3.85. The summed E-state index contributed by atoms with van der Waals surface area (Å²) >= 11 is 0. The fourth-order valence-corrected chi connectivity index (χ4v) is 1.21. The first kappa shape index (κ1) is 10.2. The Morgan fingerprint density at radius 2 is 2.08 bits per heavy atom. The van der Waals surface area contributed by atoms with E-state index in [0.717, 1.165) is 0 Å². The number of aliphatic hydroxyl groups is 1. The van der Waals surface area contributed by atoms with E-state index in [1.54, 1.807) is 25.1 Å². The molecule has 0 amide bonds. The second-order valence-electron chi connectivity index (χ2n) is 3.40. The second-order valence-corrected chi connectivity index (χ2v) is 3.40. The fraction of sp³-hybridized carbons (Fsp3) is 0.400. The maximum Gasteiger partial charge on any atom is 0.127 e. The largest absolute Gasteiger partial charge is 0.395 e. The summed E-state index contributed by atoms with van der Waals surface area (Å²) in [5.41, 5.74) is 5.29. The molecule has 2 nitrogen and oxygen atoms in total. The Kier molecular flexibility index (Phi) is 3.01. The smallest absolute Gasteiger partial charge is 0.127 e. The van der Waals surface area contributed by atoms with Crippen LogP contribution >= 0.6 is 0 Å². The minimum Gasteiger partial charge on any atom is -0.395 e. The van der Waals surface area contributed by atoms with Gasteiger partial charge in [0.15, 0.2) is 0 Å². The normalized spacial score (nSPS) is 15.4. The van der Waals surface area contributed by atoms with E-state index in [-0.39, 0.29) is 19.0 Å². The first-order valence-corrected chi connectivity index (χ1v) is 4.20. The number of hydrogen-bond acceptors (Lipinski definition) is 2. The van der Waals surface area contributed by atoms with Crippen LogP contribution in [0.15, 0.2) is 24.3 Å². The molecule has 1 aromatic rings. The summed E-state index contributed by atoms with van der Waals surface area (Å²) in [5, 5.41) is 9.12. The maximum absolute atomic E-state index is 13.3. The Bertz CT molecular complexity index is 284. The molecule has 1 unspecified atom stereocenters. The molecule has 3 heteroatoms. The third-order valence-corrected chi connectivity index (χ3v) is 2.32. The van der Waals surface area contributed by atoms with Gasteiger partial charge in [-0.3, -0.25) is 0 Å². The summed E-state index contributed by atoms with van der Waals surface area (Å²) in [4.78, 5) is 0. The Morgan fingerprint density at radius 3 is 2.54 bits per heavy atom. The lowest BCUT2D eigenvalue weighted by Crippen LogP contribution is -2.36. The van der Waals surface area contributed by atoms with E-state index in [2.05, 4.69) is 0 Å². The predicted molar refractivity (Wildman–Crippen MR) is 49.9 cm³/mol. The molecule has 0 aliphatic carbocycles. The Hall–Kier alpha value is -0.930. The van der Waals surface area contributed by atoms with Gasteiger partial charge in [0.25, 0.3) is 0 Å². The number of hydrogen-bond donors (Lipinski definition) is 2. The van der Waals surface area contributed by atoms with Gasteiger partial charge in [-0.25, -0.2) is 4.39 Å². The fourth-order valence-electron chi connectivity index (χ4n) is 1.21. The van der Waals surface area contributed by atoms with Crippen LogP contribution in [0, 0.1) is 5.82 Å². The van der Waals surface area contributed by atoms with Gasteiger partial charge in [0, 0.05) is 12.0 Å². The molecule has 1 atom stereocenters. The van der Waals surface area contributed by atoms with Gasteiger partial charge in [-0.05, 0) is 11.6 Å². The van der Waals surface area contributed by atoms with Crippen molar-refractivity contribution in [3.05, 3.63) is 35.6 Å². The molecule has 0 aliphatic rings. The van der Waals surface area contributed by atoms with Gasteiger partial charge >= 0.3 is 0 Å². The van der Waals surface area contributed by atoms with Crippen LogP contribution in [0.25, 0.3) is 0 Å². The molecule has 1 aromatic carbocycles. The minimum absolute atomic E-state index is 0.148. The van der Waals surface area contributed by atoms with E-state index >= 15 is 0 Å². The summed E-state index contributed by atoms with van der Waals surface area (Å²) in [6.07, 6.45) is 0. The standard InChI is InChI=1S/C10H14FNO/c1-10(6-12,7-13)8-4-2-3-5-9(8)11/h2-5,13H,6-7,12H2,1H3. The van der Waals surface area contributed by atoms with E-state index < -0.39 is 5.41 Å². The molecule has 3 N–H and O–H groups in total. The molecule has 0 fully saturated rings. The topological polar surface area (TPSA) is 46.2 Å². The zero-order valence-electron chi connectivity index (χ0n) is 7.63. The highest BCUT2D eigenvalue weighted by molar-refractivity contribution is 5.26. The van der Waals surface area contributed by atoms with Crippen LogP contribution in [0.4, 0.5) is 4.39 Å². The first-order chi connectivity index (χ1) is 6.14. The molecule has 0 saturated heterocycles. The van der Waals surface area contributed by atoms with Gasteiger partial charge in [0.05, 0.1) is 6.61 Å². The summed E-state index contributed by atoms with van der Waals surface area (Å²) in [6, 6.07) is 6.38. The average Bonchev–Trinajstić information content (AvgIpc) is 2.17. The van der Waals surface area contributed by atoms with Gasteiger partial charge in [0.1, 0.15) is 5.82 Å². The summed E-state index contributed by atoms with van der Waals surface area (Å²) in [5.74, 6) is -0.315. The lowest BCUT2D eigenvalue weighted by Gasteiger charge is -2.26. The molecule has 0 aromatic heterocycles. The molecule has 13 heavy (non-hydrogen) atoms. The lowest BCUT2D eigenvalue weighted by molar-refractivity contribution is 0.206. The third-order valence-electron chi connectivity index (χ3n) is 2.32. The zero-order valence-corrected chi connectivity index (χ0v) is 7.63. The molecular formula is C10H14FNO. The van der Waals surface area contributed by atoms with E-state index in [9.17, 15) is 4.39 Å². The average molecular weight is 183 g/mol. The van der Waals surface area contributed by atoms with Crippen LogP contribution in [0.1, 0.15) is 12.5 Å². The Balaban J connectivity index is 3.12. The summed E-state index contributed by atoms with van der Waals surface area (Å²) < 4.78 is 13.3. The van der Waals surface area contributed by atoms with Gasteiger partial charge < -0.3 is 10.8 Å². The minimum atomic E-state index is -0.675. The van der Waals surface area contributed by atoms with Crippen molar-refractivity contribution >= 4 is 0 Å². The number of aliphatic hydroxyl groups excluding tert-OH is 1. The zero-order chi connectivity index (χ0) is 9.90. The molecule has 0 heterocycles. The highest BCUT2D eigenvalue weighted by Gasteiger charge is 2.26. The van der Waals surface area contributed by atoms with Gasteiger partial charge in [-0.15, -0.1) is 0 Å². The highest BCUT2D eigenvalue weighted by Crippen LogP contribution is 2.24. The molecule has 0 saturated carbocycles. The highest BCUT2D eigenvalue weighted by atomic mass is 19.1. The van der Waals surface area contributed by atoms with Crippen molar-refractivity contribution in [2.45, 2.75) is 12.3 Å². The van der Waals surface area contributed by atoms with Crippen molar-refractivity contribution in [1.82, 2.24) is 0 Å². The number of benzene rings is 1. The number of rotatable bonds is 3. The van der Waals surface area contributed by atoms with Crippen molar-refractivity contribution in [3.63, 3.8) is 0 Å². The molecule has 1 rings (SSSR count). The van der Waals surface area contributed by atoms with Gasteiger partial charge in [-0.2, -0.15) is 0 Å². The van der Waals surface area contributed by atoms with E-state index in [1.807, 2.05) is 0 Å². The quantitative estimate of drug-likeness (QED) is 0.735. The third kappa shape index (κ3) is 1.87. The van der Waals surface area contributed by atoms with Crippen LogP contribution in [-0.2, 0) is 5.41 Å². The molecule has 0 radical (unpaired) electrons. The summed E-state index contributed by atoms with van der Waals surface area (Å²) in [7, 11) is 0. The van der Waals surface area contributed by atoms with Crippen LogP contribution in [-0.4, -0.2) is 18.3 Å². The molecule has 0 aliphatic heterocycles. The molecule has 0 spiro atoms. The van der Waals surface area contributed by atoms with Crippen LogP contribution in [0.3, 0.4) is 0 Å². The van der Waals surface area contributed by atoms with Gasteiger partial charge in [0.2, 0.25) is 0 Å². The Morgan fingerprint density at radius 1 is 1.46 bits per heavy atom. The van der Waals surface area contributed by atoms with Crippen molar-refractivity contribution in [3.8, 4) is 0 Å². The van der Waals surface area contributed by atoms with Crippen LogP contribution in [0.5, 0.6) is 0 Å². The SMILES string of the molecule is CC(CN)(CO)c1ccccc1F. The molecule has 72 valence electrons. The van der Waals surface area contributed by atoms with Crippen LogP contribution in [0.2, 0.25) is 0 Å². The molecule has 0 bridgehead atoms. The lowest BCUT2D eigenvalue weighted by atomic mass is 9.83. The predicted octanol–water partition coefficient (Wildman–Crippen LogP) is 1.03. The van der Waals surface area contributed by atoms with Crippen molar-refractivity contribution in [1.29, 1.82) is 0 Å². The Labute approximate surface area is 77.2 Å². The number of halogens is 1. The van der Waals surface area contributed by atoms with E-state index in [4.69, 9.17) is 10.8 Å². The van der Waals surface area contributed by atoms with E-state index in [1.165, 1.54) is 6.07 Å². The van der Waals surface area contributed by atoms with Crippen molar-refractivity contribution < 1.29 is 9.50 Å². The molecular weight excluding hydrogens is 169 g/mol. The number of nitrogens with two attached hydrogens (primary N) is 1. The monoisotopic (exact) mass is 183 g/mol. The summed E-state index contributed by atoms with van der Waals surface area (Å²) in [6.45, 7) is 1.82. The van der Waals surface area contributed by atoms with Crippen molar-refractivity contribution in [2.75, 3.05) is 13.2 Å².